The van der Waals surface area contributed by atoms with Gasteiger partial charge in [-0.3, -0.25) is 4.90 Å². The molecule has 2 aliphatic rings. The molecule has 0 radical (unpaired) electrons. The molecule has 2 aromatic rings. The number of hydrogen-bond acceptors (Lipinski definition) is 4. The van der Waals surface area contributed by atoms with Crippen LogP contribution in [0.1, 0.15) is 48.4 Å². The summed E-state index contributed by atoms with van der Waals surface area (Å²) in [6, 6.07) is 14.2. The molecule has 4 rings (SSSR count). The van der Waals surface area contributed by atoms with Crippen LogP contribution in [-0.2, 0) is 22.9 Å². The Morgan fingerprint density at radius 1 is 1.03 bits per heavy atom. The predicted octanol–water partition coefficient (Wildman–Crippen LogP) is 3.69. The predicted molar refractivity (Wildman–Crippen MR) is 115 cm³/mol. The van der Waals surface area contributed by atoms with Crippen LogP contribution >= 0.6 is 0 Å². The summed E-state index contributed by atoms with van der Waals surface area (Å²) in [5.74, 6) is 0.858. The van der Waals surface area contributed by atoms with Crippen molar-refractivity contribution >= 4 is 10.0 Å². The SMILES string of the molecule is COc1ccc(C2CCCN2CCNS(=O)(=O)c2ccc3c(c2)CCCC3)cc1. The number of likely N-dealkylation sites (tertiary alicyclic amines) is 1. The molecule has 5 nitrogen and oxygen atoms in total. The number of benzene rings is 2. The highest BCUT2D eigenvalue weighted by Gasteiger charge is 2.26. The summed E-state index contributed by atoms with van der Waals surface area (Å²) < 4.78 is 33.6. The van der Waals surface area contributed by atoms with E-state index in [9.17, 15) is 8.42 Å². The first-order valence-corrected chi connectivity index (χ1v) is 12.0. The van der Waals surface area contributed by atoms with Gasteiger partial charge in [0.25, 0.3) is 0 Å². The molecule has 29 heavy (non-hydrogen) atoms. The zero-order chi connectivity index (χ0) is 20.3. The van der Waals surface area contributed by atoms with Gasteiger partial charge in [-0.25, -0.2) is 13.1 Å². The van der Waals surface area contributed by atoms with Gasteiger partial charge < -0.3 is 4.74 Å². The fourth-order valence-corrected chi connectivity index (χ4v) is 5.65. The zero-order valence-corrected chi connectivity index (χ0v) is 17.9. The molecule has 1 unspecified atom stereocenters. The molecule has 6 heteroatoms. The van der Waals surface area contributed by atoms with Crippen molar-refractivity contribution in [1.29, 1.82) is 0 Å². The van der Waals surface area contributed by atoms with Crippen molar-refractivity contribution < 1.29 is 13.2 Å². The minimum atomic E-state index is -3.47. The van der Waals surface area contributed by atoms with Crippen LogP contribution in [0, 0.1) is 0 Å². The lowest BCUT2D eigenvalue weighted by molar-refractivity contribution is 0.261. The van der Waals surface area contributed by atoms with Crippen LogP contribution in [0.2, 0.25) is 0 Å². The quantitative estimate of drug-likeness (QED) is 0.751. The maximum Gasteiger partial charge on any atom is 0.240 e. The van der Waals surface area contributed by atoms with Gasteiger partial charge in [0.2, 0.25) is 10.0 Å². The topological polar surface area (TPSA) is 58.6 Å². The molecule has 1 aliphatic heterocycles. The molecule has 0 aromatic heterocycles. The summed E-state index contributed by atoms with van der Waals surface area (Å²) in [5, 5.41) is 0. The molecule has 0 bridgehead atoms. The van der Waals surface area contributed by atoms with Crippen molar-refractivity contribution in [2.45, 2.75) is 49.5 Å². The highest BCUT2D eigenvalue weighted by molar-refractivity contribution is 7.89. The van der Waals surface area contributed by atoms with E-state index in [4.69, 9.17) is 4.74 Å². The molecule has 2 aromatic carbocycles. The van der Waals surface area contributed by atoms with Crippen LogP contribution in [0.5, 0.6) is 5.75 Å². The van der Waals surface area contributed by atoms with E-state index in [2.05, 4.69) is 21.8 Å². The minimum absolute atomic E-state index is 0.342. The summed E-state index contributed by atoms with van der Waals surface area (Å²) >= 11 is 0. The van der Waals surface area contributed by atoms with Gasteiger partial charge in [0.15, 0.2) is 0 Å². The van der Waals surface area contributed by atoms with Gasteiger partial charge in [0.05, 0.1) is 12.0 Å². The maximum absolute atomic E-state index is 12.8. The van der Waals surface area contributed by atoms with E-state index >= 15 is 0 Å². The van der Waals surface area contributed by atoms with Crippen molar-refractivity contribution in [1.82, 2.24) is 9.62 Å². The molecule has 0 amide bonds. The Morgan fingerprint density at radius 3 is 2.55 bits per heavy atom. The maximum atomic E-state index is 12.8. The second-order valence-corrected chi connectivity index (χ2v) is 9.77. The smallest absolute Gasteiger partial charge is 0.240 e. The van der Waals surface area contributed by atoms with Gasteiger partial charge in [-0.05, 0) is 86.0 Å². The Balaban J connectivity index is 1.37. The van der Waals surface area contributed by atoms with E-state index in [0.29, 0.717) is 24.0 Å². The fourth-order valence-electron chi connectivity index (χ4n) is 4.58. The molecule has 0 spiro atoms. The zero-order valence-electron chi connectivity index (χ0n) is 17.1. The minimum Gasteiger partial charge on any atom is -0.497 e. The van der Waals surface area contributed by atoms with Crippen molar-refractivity contribution in [3.63, 3.8) is 0 Å². The number of nitrogens with one attached hydrogen (secondary N) is 1. The van der Waals surface area contributed by atoms with E-state index < -0.39 is 10.0 Å². The first-order valence-electron chi connectivity index (χ1n) is 10.6. The van der Waals surface area contributed by atoms with Crippen molar-refractivity contribution in [2.24, 2.45) is 0 Å². The largest absolute Gasteiger partial charge is 0.497 e. The third kappa shape index (κ3) is 4.65. The number of ether oxygens (including phenoxy) is 1. The Morgan fingerprint density at radius 2 is 1.79 bits per heavy atom. The Labute approximate surface area is 174 Å². The van der Waals surface area contributed by atoms with Crippen LogP contribution in [0.15, 0.2) is 47.4 Å². The van der Waals surface area contributed by atoms with Gasteiger partial charge >= 0.3 is 0 Å². The molecular weight excluding hydrogens is 384 g/mol. The summed E-state index contributed by atoms with van der Waals surface area (Å²) in [5.41, 5.74) is 3.76. The Kier molecular flexibility index (Phi) is 6.23. The second kappa shape index (κ2) is 8.86. The Hall–Kier alpha value is -1.89. The second-order valence-electron chi connectivity index (χ2n) is 8.00. The summed E-state index contributed by atoms with van der Waals surface area (Å²) in [7, 11) is -1.80. The number of aryl methyl sites for hydroxylation is 2. The standard InChI is InChI=1S/C23H30N2O3S/c1-28-21-11-8-19(9-12-21)23-7-4-15-25(23)16-14-24-29(26,27)22-13-10-18-5-2-3-6-20(18)17-22/h8-13,17,23-24H,2-7,14-16H2,1H3. The van der Waals surface area contributed by atoms with Gasteiger partial charge in [-0.15, -0.1) is 0 Å². The van der Waals surface area contributed by atoms with Gasteiger partial charge in [-0.2, -0.15) is 0 Å². The normalized spacial score (nSPS) is 19.8. The average Bonchev–Trinajstić information content (AvgIpc) is 3.22. The number of rotatable bonds is 7. The number of sulfonamides is 1. The van der Waals surface area contributed by atoms with E-state index in [-0.39, 0.29) is 0 Å². The van der Waals surface area contributed by atoms with Crippen molar-refractivity contribution in [3.8, 4) is 5.75 Å². The van der Waals surface area contributed by atoms with Crippen LogP contribution in [0.4, 0.5) is 0 Å². The number of methoxy groups -OCH3 is 1. The van der Waals surface area contributed by atoms with Crippen LogP contribution < -0.4 is 9.46 Å². The lowest BCUT2D eigenvalue weighted by Gasteiger charge is -2.25. The average molecular weight is 415 g/mol. The molecule has 0 saturated carbocycles. The third-order valence-corrected chi connectivity index (χ3v) is 7.64. The highest BCUT2D eigenvalue weighted by Crippen LogP contribution is 2.32. The van der Waals surface area contributed by atoms with Crippen LogP contribution in [0.3, 0.4) is 0 Å². The first-order chi connectivity index (χ1) is 14.1. The van der Waals surface area contributed by atoms with Crippen molar-refractivity contribution in [3.05, 3.63) is 59.2 Å². The number of hydrogen-bond donors (Lipinski definition) is 1. The number of nitrogens with zero attached hydrogens (tertiary/aromatic N) is 1. The molecule has 156 valence electrons. The summed E-state index contributed by atoms with van der Waals surface area (Å²) in [6.07, 6.45) is 6.62. The molecule has 1 saturated heterocycles. The molecule has 1 fully saturated rings. The highest BCUT2D eigenvalue weighted by atomic mass is 32.2. The molecule has 1 heterocycles. The van der Waals surface area contributed by atoms with Gasteiger partial charge in [0, 0.05) is 19.1 Å². The van der Waals surface area contributed by atoms with Crippen molar-refractivity contribution in [2.75, 3.05) is 26.7 Å². The van der Waals surface area contributed by atoms with Crippen LogP contribution in [0.25, 0.3) is 0 Å². The lowest BCUT2D eigenvalue weighted by atomic mass is 9.92. The number of fused-ring (bicyclic) bond motifs is 1. The van der Waals surface area contributed by atoms with Gasteiger partial charge in [0.1, 0.15) is 5.75 Å². The summed E-state index contributed by atoms with van der Waals surface area (Å²) in [6.45, 7) is 2.13. The molecule has 1 aliphatic carbocycles. The van der Waals surface area contributed by atoms with E-state index in [1.165, 1.54) is 23.1 Å². The molecule has 1 atom stereocenters. The lowest BCUT2D eigenvalue weighted by Crippen LogP contribution is -2.34. The van der Waals surface area contributed by atoms with E-state index in [1.807, 2.05) is 24.3 Å². The monoisotopic (exact) mass is 414 g/mol. The Bertz CT molecular complexity index is 941. The first kappa shape index (κ1) is 20.4. The molecule has 1 N–H and O–H groups in total. The summed E-state index contributed by atoms with van der Waals surface area (Å²) in [4.78, 5) is 2.77. The van der Waals surface area contributed by atoms with Gasteiger partial charge in [-0.1, -0.05) is 18.2 Å². The van der Waals surface area contributed by atoms with Crippen LogP contribution in [-0.4, -0.2) is 40.1 Å². The molecular formula is C23H30N2O3S. The van der Waals surface area contributed by atoms with E-state index in [1.54, 1.807) is 13.2 Å². The fraction of sp³-hybridized carbons (Fsp3) is 0.478. The third-order valence-electron chi connectivity index (χ3n) is 6.19. The van der Waals surface area contributed by atoms with E-state index in [0.717, 1.165) is 44.4 Å².